The van der Waals surface area contributed by atoms with Gasteiger partial charge in [0.2, 0.25) is 0 Å². The van der Waals surface area contributed by atoms with Gasteiger partial charge in [-0.3, -0.25) is 4.79 Å². The highest BCUT2D eigenvalue weighted by molar-refractivity contribution is 6.31. The van der Waals surface area contributed by atoms with E-state index < -0.39 is 5.82 Å². The minimum absolute atomic E-state index is 0.0779. The molecule has 0 aliphatic carbocycles. The van der Waals surface area contributed by atoms with Crippen LogP contribution in [0.15, 0.2) is 18.2 Å². The monoisotopic (exact) mass is 287 g/mol. The van der Waals surface area contributed by atoms with E-state index in [1.807, 2.05) is 6.92 Å². The van der Waals surface area contributed by atoms with Gasteiger partial charge in [0.15, 0.2) is 0 Å². The van der Waals surface area contributed by atoms with Crippen LogP contribution >= 0.6 is 11.6 Å². The number of hydrogen-bond acceptors (Lipinski definition) is 3. The first kappa shape index (κ1) is 14.2. The maximum absolute atomic E-state index is 13.1. The fourth-order valence-electron chi connectivity index (χ4n) is 2.12. The molecule has 0 saturated carbocycles. The van der Waals surface area contributed by atoms with Gasteiger partial charge in [0.25, 0.3) is 5.91 Å². The molecule has 2 atom stereocenters. The molecule has 1 amide bonds. The molecule has 1 aromatic carbocycles. The standard InChI is InChI=1S/C13H15ClFNO3/c1-8-5-16(6-10(7-17)19-8)13(18)9-2-3-12(15)11(14)4-9/h2-4,8,10,17H,5-7H2,1H3. The van der Waals surface area contributed by atoms with Crippen LogP contribution < -0.4 is 0 Å². The van der Waals surface area contributed by atoms with Crippen LogP contribution in [0, 0.1) is 5.82 Å². The van der Waals surface area contributed by atoms with Crippen molar-refractivity contribution in [2.75, 3.05) is 19.7 Å². The molecule has 1 fully saturated rings. The molecule has 2 unspecified atom stereocenters. The van der Waals surface area contributed by atoms with E-state index >= 15 is 0 Å². The predicted octanol–water partition coefficient (Wildman–Crippen LogP) is 1.70. The Bertz CT molecular complexity index is 483. The number of hydrogen-bond donors (Lipinski definition) is 1. The van der Waals surface area contributed by atoms with Crippen molar-refractivity contribution in [1.29, 1.82) is 0 Å². The first-order valence-electron chi connectivity index (χ1n) is 6.02. The fraction of sp³-hybridized carbons (Fsp3) is 0.462. The minimum atomic E-state index is -0.554. The van der Waals surface area contributed by atoms with E-state index in [1.165, 1.54) is 18.2 Å². The number of benzene rings is 1. The average Bonchev–Trinajstić information content (AvgIpc) is 2.40. The Morgan fingerprint density at radius 3 is 2.95 bits per heavy atom. The Kier molecular flexibility index (Phi) is 4.39. The van der Waals surface area contributed by atoms with Crippen molar-refractivity contribution in [2.45, 2.75) is 19.1 Å². The SMILES string of the molecule is CC1CN(C(=O)c2ccc(F)c(Cl)c2)CC(CO)O1. The summed E-state index contributed by atoms with van der Waals surface area (Å²) in [5.41, 5.74) is 0.331. The topological polar surface area (TPSA) is 49.8 Å². The molecule has 1 aliphatic rings. The van der Waals surface area contributed by atoms with Crippen LogP contribution in [0.5, 0.6) is 0 Å². The van der Waals surface area contributed by atoms with Crippen LogP contribution in [-0.2, 0) is 4.74 Å². The Morgan fingerprint density at radius 1 is 1.58 bits per heavy atom. The van der Waals surface area contributed by atoms with Gasteiger partial charge in [-0.1, -0.05) is 11.6 Å². The molecule has 1 aromatic rings. The number of ether oxygens (including phenoxy) is 1. The van der Waals surface area contributed by atoms with Gasteiger partial charge in [0.05, 0.1) is 23.8 Å². The van der Waals surface area contributed by atoms with E-state index in [0.717, 1.165) is 0 Å². The van der Waals surface area contributed by atoms with Crippen LogP contribution in [0.1, 0.15) is 17.3 Å². The first-order chi connectivity index (χ1) is 9.01. The minimum Gasteiger partial charge on any atom is -0.394 e. The summed E-state index contributed by atoms with van der Waals surface area (Å²) >= 11 is 5.67. The summed E-state index contributed by atoms with van der Waals surface area (Å²) in [6.07, 6.45) is -0.533. The average molecular weight is 288 g/mol. The lowest BCUT2D eigenvalue weighted by Gasteiger charge is -2.36. The summed E-state index contributed by atoms with van der Waals surface area (Å²) in [4.78, 5) is 13.9. The molecule has 1 aliphatic heterocycles. The predicted molar refractivity (Wildman–Crippen MR) is 68.7 cm³/mol. The van der Waals surface area contributed by atoms with Crippen molar-refractivity contribution in [1.82, 2.24) is 4.90 Å². The molecule has 1 heterocycles. The fourth-order valence-corrected chi connectivity index (χ4v) is 2.30. The zero-order valence-electron chi connectivity index (χ0n) is 10.5. The van der Waals surface area contributed by atoms with E-state index in [4.69, 9.17) is 21.4 Å². The van der Waals surface area contributed by atoms with Crippen molar-refractivity contribution >= 4 is 17.5 Å². The van der Waals surface area contributed by atoms with Crippen LogP contribution in [0.3, 0.4) is 0 Å². The summed E-state index contributed by atoms with van der Waals surface area (Å²) in [5, 5.41) is 9.05. The zero-order chi connectivity index (χ0) is 14.0. The Labute approximate surface area is 115 Å². The van der Waals surface area contributed by atoms with Crippen LogP contribution in [0.2, 0.25) is 5.02 Å². The molecular formula is C13H15ClFNO3. The lowest BCUT2D eigenvalue weighted by molar-refractivity contribution is -0.0858. The lowest BCUT2D eigenvalue weighted by Crippen LogP contribution is -2.50. The number of rotatable bonds is 2. The molecule has 4 nitrogen and oxygen atoms in total. The lowest BCUT2D eigenvalue weighted by atomic mass is 10.1. The van der Waals surface area contributed by atoms with Gasteiger partial charge in [-0.05, 0) is 25.1 Å². The molecule has 2 rings (SSSR count). The number of nitrogens with zero attached hydrogens (tertiary/aromatic N) is 1. The van der Waals surface area contributed by atoms with Crippen LogP contribution in [-0.4, -0.2) is 47.8 Å². The molecular weight excluding hydrogens is 273 g/mol. The maximum atomic E-state index is 13.1. The second-order valence-electron chi connectivity index (χ2n) is 4.59. The van der Waals surface area contributed by atoms with Crippen molar-refractivity contribution in [3.8, 4) is 0 Å². The summed E-state index contributed by atoms with van der Waals surface area (Å²) < 4.78 is 18.5. The van der Waals surface area contributed by atoms with E-state index in [2.05, 4.69) is 0 Å². The number of morpholine rings is 1. The molecule has 6 heteroatoms. The second-order valence-corrected chi connectivity index (χ2v) is 5.00. The smallest absolute Gasteiger partial charge is 0.254 e. The van der Waals surface area contributed by atoms with E-state index in [0.29, 0.717) is 18.7 Å². The number of halogens is 2. The number of carbonyl (C=O) groups is 1. The number of carbonyl (C=O) groups excluding carboxylic acids is 1. The highest BCUT2D eigenvalue weighted by atomic mass is 35.5. The van der Waals surface area contributed by atoms with Gasteiger partial charge in [0, 0.05) is 18.7 Å². The summed E-state index contributed by atoms with van der Waals surface area (Å²) in [5.74, 6) is -0.794. The summed E-state index contributed by atoms with van der Waals surface area (Å²) in [6, 6.07) is 3.88. The van der Waals surface area contributed by atoms with Gasteiger partial charge in [-0.15, -0.1) is 0 Å². The molecule has 19 heavy (non-hydrogen) atoms. The molecule has 0 bridgehead atoms. The van der Waals surface area contributed by atoms with E-state index in [1.54, 1.807) is 4.90 Å². The van der Waals surface area contributed by atoms with E-state index in [-0.39, 0.29) is 29.7 Å². The van der Waals surface area contributed by atoms with Crippen LogP contribution in [0.25, 0.3) is 0 Å². The molecule has 104 valence electrons. The third kappa shape index (κ3) is 3.23. The normalized spacial score (nSPS) is 23.5. The quantitative estimate of drug-likeness (QED) is 0.901. The van der Waals surface area contributed by atoms with Crippen molar-refractivity contribution in [2.24, 2.45) is 0 Å². The number of aliphatic hydroxyl groups is 1. The summed E-state index contributed by atoms with van der Waals surface area (Å²) in [6.45, 7) is 2.44. The summed E-state index contributed by atoms with van der Waals surface area (Å²) in [7, 11) is 0. The highest BCUT2D eigenvalue weighted by Crippen LogP contribution is 2.19. The van der Waals surface area contributed by atoms with Gasteiger partial charge >= 0.3 is 0 Å². The van der Waals surface area contributed by atoms with Crippen molar-refractivity contribution < 1.29 is 19.0 Å². The van der Waals surface area contributed by atoms with Crippen LogP contribution in [0.4, 0.5) is 4.39 Å². The highest BCUT2D eigenvalue weighted by Gasteiger charge is 2.28. The molecule has 0 aromatic heterocycles. The van der Waals surface area contributed by atoms with E-state index in [9.17, 15) is 9.18 Å². The number of amides is 1. The van der Waals surface area contributed by atoms with Crippen molar-refractivity contribution in [3.63, 3.8) is 0 Å². The van der Waals surface area contributed by atoms with Gasteiger partial charge < -0.3 is 14.7 Å². The van der Waals surface area contributed by atoms with Gasteiger partial charge in [-0.2, -0.15) is 0 Å². The Morgan fingerprint density at radius 2 is 2.32 bits per heavy atom. The molecule has 1 N–H and O–H groups in total. The first-order valence-corrected chi connectivity index (χ1v) is 6.39. The maximum Gasteiger partial charge on any atom is 0.254 e. The third-order valence-electron chi connectivity index (χ3n) is 2.98. The largest absolute Gasteiger partial charge is 0.394 e. The number of aliphatic hydroxyl groups excluding tert-OH is 1. The van der Waals surface area contributed by atoms with Gasteiger partial charge in [-0.25, -0.2) is 4.39 Å². The zero-order valence-corrected chi connectivity index (χ0v) is 11.2. The van der Waals surface area contributed by atoms with Crippen molar-refractivity contribution in [3.05, 3.63) is 34.6 Å². The Hall–Kier alpha value is -1.17. The molecule has 0 radical (unpaired) electrons. The Balaban J connectivity index is 2.16. The second kappa shape index (κ2) is 5.86. The molecule has 1 saturated heterocycles. The third-order valence-corrected chi connectivity index (χ3v) is 3.27. The molecule has 0 spiro atoms. The van der Waals surface area contributed by atoms with Gasteiger partial charge in [0.1, 0.15) is 5.82 Å².